The number of rotatable bonds is 1. The number of aromatic nitrogens is 1. The molecule has 0 saturated heterocycles. The molecular weight excluding hydrogens is 267 g/mol. The van der Waals surface area contributed by atoms with Gasteiger partial charge in [-0.3, -0.25) is 4.98 Å². The van der Waals surface area contributed by atoms with Crippen LogP contribution in [0.2, 0.25) is 0 Å². The predicted molar refractivity (Wildman–Crippen MR) is 73.3 cm³/mol. The Morgan fingerprint density at radius 3 is 2.00 bits per heavy atom. The Labute approximate surface area is 121 Å². The summed E-state index contributed by atoms with van der Waals surface area (Å²) in [6.07, 6.45) is 0. The number of aryl methyl sites for hydroxylation is 2. The van der Waals surface area contributed by atoms with Crippen molar-refractivity contribution in [2.75, 3.05) is 0 Å². The number of hydrogen-bond donors (Lipinski definition) is 0. The molecule has 0 atom stereocenters. The maximum atomic E-state index is 13.4. The zero-order valence-corrected chi connectivity index (χ0v) is 11.4. The number of nitriles is 3. The average Bonchev–Trinajstić information content (AvgIpc) is 2.47. The summed E-state index contributed by atoms with van der Waals surface area (Å²) < 4.78 is 13.4. The zero-order valence-electron chi connectivity index (χ0n) is 11.4. The molecule has 0 aliphatic rings. The van der Waals surface area contributed by atoms with Crippen LogP contribution in [0.25, 0.3) is 11.1 Å². The first-order valence-electron chi connectivity index (χ1n) is 6.05. The third-order valence-electron chi connectivity index (χ3n) is 3.16. The Hall–Kier alpha value is -3.23. The Morgan fingerprint density at radius 2 is 1.52 bits per heavy atom. The summed E-state index contributed by atoms with van der Waals surface area (Å²) in [7, 11) is 0. The van der Waals surface area contributed by atoms with Crippen LogP contribution in [0.1, 0.15) is 28.1 Å². The number of nitrogens with zero attached hydrogens (tertiary/aromatic N) is 4. The molecule has 0 aliphatic heterocycles. The molecule has 2 rings (SSSR count). The Balaban J connectivity index is 2.90. The van der Waals surface area contributed by atoms with Crippen LogP contribution in [-0.4, -0.2) is 4.98 Å². The van der Waals surface area contributed by atoms with Gasteiger partial charge in [-0.1, -0.05) is 6.07 Å². The molecule has 0 bridgehead atoms. The normalized spacial score (nSPS) is 9.52. The molecule has 0 amide bonds. The number of pyridine rings is 1. The van der Waals surface area contributed by atoms with Crippen molar-refractivity contribution in [3.63, 3.8) is 0 Å². The fraction of sp³-hybridized carbons (Fsp3) is 0.125. The molecule has 1 aromatic carbocycles. The second-order valence-electron chi connectivity index (χ2n) is 4.44. The quantitative estimate of drug-likeness (QED) is 0.800. The van der Waals surface area contributed by atoms with Crippen LogP contribution < -0.4 is 0 Å². The van der Waals surface area contributed by atoms with Crippen molar-refractivity contribution in [3.05, 3.63) is 52.1 Å². The van der Waals surface area contributed by atoms with Crippen LogP contribution in [0.4, 0.5) is 4.39 Å². The highest BCUT2D eigenvalue weighted by molar-refractivity contribution is 5.78. The van der Waals surface area contributed by atoms with Crippen LogP contribution in [0.3, 0.4) is 0 Å². The molecule has 0 radical (unpaired) electrons. The average molecular weight is 276 g/mol. The Kier molecular flexibility index (Phi) is 3.65. The molecule has 4 nitrogen and oxygen atoms in total. The van der Waals surface area contributed by atoms with Crippen LogP contribution in [-0.2, 0) is 0 Å². The largest absolute Gasteiger partial charge is 0.256 e. The summed E-state index contributed by atoms with van der Waals surface area (Å²) in [6.45, 7) is 3.34. The molecule has 1 heterocycles. The van der Waals surface area contributed by atoms with Crippen LogP contribution in [0, 0.1) is 53.7 Å². The van der Waals surface area contributed by atoms with Crippen molar-refractivity contribution in [2.45, 2.75) is 13.8 Å². The van der Waals surface area contributed by atoms with Gasteiger partial charge in [0.1, 0.15) is 24.0 Å². The third-order valence-corrected chi connectivity index (χ3v) is 3.16. The predicted octanol–water partition coefficient (Wildman–Crippen LogP) is 3.12. The van der Waals surface area contributed by atoms with E-state index in [2.05, 4.69) is 4.98 Å². The van der Waals surface area contributed by atoms with Crippen molar-refractivity contribution in [2.24, 2.45) is 0 Å². The maximum absolute atomic E-state index is 13.4. The van der Waals surface area contributed by atoms with Gasteiger partial charge in [-0.05, 0) is 31.5 Å². The van der Waals surface area contributed by atoms with Gasteiger partial charge in [0.25, 0.3) is 0 Å². The fourth-order valence-corrected chi connectivity index (χ4v) is 2.18. The number of halogens is 1. The molecule has 100 valence electrons. The summed E-state index contributed by atoms with van der Waals surface area (Å²) in [4.78, 5) is 4.18. The molecule has 2 aromatic rings. The van der Waals surface area contributed by atoms with E-state index in [-0.39, 0.29) is 16.7 Å². The Bertz CT molecular complexity index is 826. The first-order valence-corrected chi connectivity index (χ1v) is 6.05. The van der Waals surface area contributed by atoms with Crippen molar-refractivity contribution in [3.8, 4) is 29.3 Å². The van der Waals surface area contributed by atoms with Crippen LogP contribution in [0.5, 0.6) is 0 Å². The van der Waals surface area contributed by atoms with Gasteiger partial charge < -0.3 is 0 Å². The van der Waals surface area contributed by atoms with Gasteiger partial charge in [-0.25, -0.2) is 4.39 Å². The van der Waals surface area contributed by atoms with E-state index in [1.807, 2.05) is 12.1 Å². The minimum Gasteiger partial charge on any atom is -0.256 e. The smallest absolute Gasteiger partial charge is 0.140 e. The Morgan fingerprint density at radius 1 is 0.952 bits per heavy atom. The highest BCUT2D eigenvalue weighted by Gasteiger charge is 2.18. The van der Waals surface area contributed by atoms with Crippen molar-refractivity contribution in [1.29, 1.82) is 15.8 Å². The minimum atomic E-state index is -0.638. The van der Waals surface area contributed by atoms with Crippen LogP contribution in [0.15, 0.2) is 18.2 Å². The number of benzene rings is 1. The molecular formula is C16H9FN4. The summed E-state index contributed by atoms with van der Waals surface area (Å²) in [6, 6.07) is 9.75. The summed E-state index contributed by atoms with van der Waals surface area (Å²) in [5, 5.41) is 27.5. The van der Waals surface area contributed by atoms with Gasteiger partial charge in [-0.15, -0.1) is 0 Å². The fourth-order valence-electron chi connectivity index (χ4n) is 2.18. The lowest BCUT2D eigenvalue weighted by molar-refractivity contribution is 0.624. The molecule has 0 spiro atoms. The van der Waals surface area contributed by atoms with E-state index in [1.165, 1.54) is 12.1 Å². The standard InChI is InChI=1S/C16H9FN4/c1-9-13(7-19)16(14(8-20)10(2)21-9)11-3-4-15(17)12(5-11)6-18/h3-5H,1-2H3. The van der Waals surface area contributed by atoms with E-state index in [9.17, 15) is 14.9 Å². The van der Waals surface area contributed by atoms with E-state index in [4.69, 9.17) is 5.26 Å². The monoisotopic (exact) mass is 276 g/mol. The van der Waals surface area contributed by atoms with Gasteiger partial charge in [-0.2, -0.15) is 15.8 Å². The van der Waals surface area contributed by atoms with E-state index >= 15 is 0 Å². The van der Waals surface area contributed by atoms with Gasteiger partial charge in [0.15, 0.2) is 0 Å². The molecule has 1 aromatic heterocycles. The molecule has 21 heavy (non-hydrogen) atoms. The van der Waals surface area contributed by atoms with Gasteiger partial charge in [0, 0.05) is 5.56 Å². The lowest BCUT2D eigenvalue weighted by Gasteiger charge is -2.11. The molecule has 0 unspecified atom stereocenters. The third kappa shape index (κ3) is 2.31. The zero-order chi connectivity index (χ0) is 15.6. The van der Waals surface area contributed by atoms with Crippen molar-refractivity contribution >= 4 is 0 Å². The summed E-state index contributed by atoms with van der Waals surface area (Å²) in [5.41, 5.74) is 2.21. The van der Waals surface area contributed by atoms with Gasteiger partial charge in [0.2, 0.25) is 0 Å². The summed E-state index contributed by atoms with van der Waals surface area (Å²) >= 11 is 0. The molecule has 0 N–H and O–H groups in total. The highest BCUT2D eigenvalue weighted by atomic mass is 19.1. The summed E-state index contributed by atoms with van der Waals surface area (Å²) in [5.74, 6) is -0.638. The number of hydrogen-bond acceptors (Lipinski definition) is 4. The van der Waals surface area contributed by atoms with E-state index < -0.39 is 5.82 Å². The minimum absolute atomic E-state index is 0.132. The second-order valence-corrected chi connectivity index (χ2v) is 4.44. The lowest BCUT2D eigenvalue weighted by atomic mass is 9.93. The first kappa shape index (κ1) is 14.2. The second kappa shape index (κ2) is 5.41. The molecule has 0 aliphatic carbocycles. The SMILES string of the molecule is Cc1nc(C)c(C#N)c(-c2ccc(F)c(C#N)c2)c1C#N. The van der Waals surface area contributed by atoms with Gasteiger partial charge >= 0.3 is 0 Å². The highest BCUT2D eigenvalue weighted by Crippen LogP contribution is 2.31. The van der Waals surface area contributed by atoms with Gasteiger partial charge in [0.05, 0.1) is 28.1 Å². The lowest BCUT2D eigenvalue weighted by Crippen LogP contribution is -2.01. The van der Waals surface area contributed by atoms with Crippen LogP contribution >= 0.6 is 0 Å². The first-order chi connectivity index (χ1) is 10.0. The molecule has 0 fully saturated rings. The van der Waals surface area contributed by atoms with E-state index in [0.717, 1.165) is 6.07 Å². The van der Waals surface area contributed by atoms with Crippen molar-refractivity contribution < 1.29 is 4.39 Å². The topological polar surface area (TPSA) is 84.3 Å². The van der Waals surface area contributed by atoms with E-state index in [1.54, 1.807) is 19.9 Å². The molecule has 5 heteroatoms. The van der Waals surface area contributed by atoms with Crippen molar-refractivity contribution in [1.82, 2.24) is 4.98 Å². The maximum Gasteiger partial charge on any atom is 0.140 e. The van der Waals surface area contributed by atoms with E-state index in [0.29, 0.717) is 22.5 Å². The molecule has 0 saturated carbocycles.